The standard InChI is InChI=1S/C14H20N2O/c1-2-4-13(15)14(17)16-12-8-7-10-5-3-6-11(10)9-12/h7-9,13H,2-6,15H2,1H3,(H,16,17)/t13-/m1/s1. The van der Waals surface area contributed by atoms with Crippen LogP contribution < -0.4 is 11.1 Å². The Morgan fingerprint density at radius 1 is 1.41 bits per heavy atom. The van der Waals surface area contributed by atoms with Crippen molar-refractivity contribution in [3.05, 3.63) is 29.3 Å². The number of carbonyl (C=O) groups excluding carboxylic acids is 1. The Hall–Kier alpha value is -1.35. The molecule has 0 saturated heterocycles. The third-order valence-electron chi connectivity index (χ3n) is 3.30. The fourth-order valence-corrected chi connectivity index (χ4v) is 2.33. The number of amides is 1. The molecule has 1 aliphatic rings. The van der Waals surface area contributed by atoms with Crippen LogP contribution in [0.2, 0.25) is 0 Å². The molecule has 0 unspecified atom stereocenters. The molecule has 3 N–H and O–H groups in total. The Kier molecular flexibility index (Phi) is 3.79. The van der Waals surface area contributed by atoms with Gasteiger partial charge in [-0.3, -0.25) is 4.79 Å². The summed E-state index contributed by atoms with van der Waals surface area (Å²) in [5.41, 5.74) is 9.44. The summed E-state index contributed by atoms with van der Waals surface area (Å²) >= 11 is 0. The first-order valence-corrected chi connectivity index (χ1v) is 6.39. The van der Waals surface area contributed by atoms with E-state index in [2.05, 4.69) is 17.4 Å². The van der Waals surface area contributed by atoms with Crippen LogP contribution in [0.15, 0.2) is 18.2 Å². The van der Waals surface area contributed by atoms with Crippen LogP contribution >= 0.6 is 0 Å². The number of benzene rings is 1. The van der Waals surface area contributed by atoms with Crippen LogP contribution in [0.3, 0.4) is 0 Å². The normalized spacial score (nSPS) is 15.4. The highest BCUT2D eigenvalue weighted by Crippen LogP contribution is 2.24. The predicted octanol–water partition coefficient (Wildman–Crippen LogP) is 2.24. The molecule has 0 radical (unpaired) electrons. The minimum absolute atomic E-state index is 0.0789. The maximum Gasteiger partial charge on any atom is 0.241 e. The molecule has 1 amide bonds. The molecule has 0 aromatic heterocycles. The number of nitrogens with two attached hydrogens (primary N) is 1. The highest BCUT2D eigenvalue weighted by atomic mass is 16.2. The molecular weight excluding hydrogens is 212 g/mol. The van der Waals surface area contributed by atoms with Gasteiger partial charge in [0.25, 0.3) is 0 Å². The number of aryl methyl sites for hydroxylation is 2. The summed E-state index contributed by atoms with van der Waals surface area (Å²) in [6, 6.07) is 5.77. The van der Waals surface area contributed by atoms with Gasteiger partial charge in [-0.2, -0.15) is 0 Å². The second-order valence-electron chi connectivity index (χ2n) is 4.72. The van der Waals surface area contributed by atoms with Crippen LogP contribution in [0.4, 0.5) is 5.69 Å². The van der Waals surface area contributed by atoms with E-state index in [1.54, 1.807) is 0 Å². The molecule has 2 rings (SSSR count). The van der Waals surface area contributed by atoms with E-state index in [-0.39, 0.29) is 5.91 Å². The quantitative estimate of drug-likeness (QED) is 0.836. The summed E-state index contributed by atoms with van der Waals surface area (Å²) in [5.74, 6) is -0.0789. The molecule has 0 spiro atoms. The molecule has 0 saturated carbocycles. The number of nitrogens with one attached hydrogen (secondary N) is 1. The van der Waals surface area contributed by atoms with Gasteiger partial charge in [-0.05, 0) is 48.9 Å². The summed E-state index contributed by atoms with van der Waals surface area (Å²) in [6.07, 6.45) is 5.18. The number of carbonyl (C=O) groups is 1. The van der Waals surface area contributed by atoms with Crippen LogP contribution in [0.1, 0.15) is 37.3 Å². The average Bonchev–Trinajstić information content (AvgIpc) is 2.76. The van der Waals surface area contributed by atoms with Crippen molar-refractivity contribution in [1.82, 2.24) is 0 Å². The fraction of sp³-hybridized carbons (Fsp3) is 0.500. The first kappa shape index (κ1) is 12.1. The molecule has 1 aromatic carbocycles. The van der Waals surface area contributed by atoms with E-state index >= 15 is 0 Å². The van der Waals surface area contributed by atoms with Gasteiger partial charge in [0, 0.05) is 5.69 Å². The number of anilines is 1. The van der Waals surface area contributed by atoms with Gasteiger partial charge in [-0.25, -0.2) is 0 Å². The summed E-state index contributed by atoms with van der Waals surface area (Å²) in [5, 5.41) is 2.89. The van der Waals surface area contributed by atoms with Crippen LogP contribution in [-0.2, 0) is 17.6 Å². The topological polar surface area (TPSA) is 55.1 Å². The van der Waals surface area contributed by atoms with E-state index in [4.69, 9.17) is 5.73 Å². The van der Waals surface area contributed by atoms with Crippen LogP contribution in [0, 0.1) is 0 Å². The van der Waals surface area contributed by atoms with Gasteiger partial charge in [0.2, 0.25) is 5.91 Å². The van der Waals surface area contributed by atoms with Gasteiger partial charge in [-0.1, -0.05) is 19.4 Å². The molecule has 17 heavy (non-hydrogen) atoms. The summed E-state index contributed by atoms with van der Waals surface area (Å²) in [6.45, 7) is 2.03. The van der Waals surface area contributed by atoms with Crippen molar-refractivity contribution < 1.29 is 4.79 Å². The van der Waals surface area contributed by atoms with Gasteiger partial charge in [-0.15, -0.1) is 0 Å². The maximum atomic E-state index is 11.8. The van der Waals surface area contributed by atoms with Crippen molar-refractivity contribution >= 4 is 11.6 Å². The molecule has 1 aliphatic carbocycles. The van der Waals surface area contributed by atoms with Crippen molar-refractivity contribution in [2.45, 2.75) is 45.1 Å². The fourth-order valence-electron chi connectivity index (χ4n) is 2.33. The van der Waals surface area contributed by atoms with E-state index in [0.717, 1.165) is 24.9 Å². The minimum atomic E-state index is -0.395. The molecular formula is C14H20N2O. The largest absolute Gasteiger partial charge is 0.325 e. The van der Waals surface area contributed by atoms with E-state index < -0.39 is 6.04 Å². The number of fused-ring (bicyclic) bond motifs is 1. The van der Waals surface area contributed by atoms with Gasteiger partial charge in [0.05, 0.1) is 6.04 Å². The predicted molar refractivity (Wildman–Crippen MR) is 70.0 cm³/mol. The Bertz CT molecular complexity index is 415. The lowest BCUT2D eigenvalue weighted by molar-refractivity contribution is -0.117. The number of hydrogen-bond acceptors (Lipinski definition) is 2. The van der Waals surface area contributed by atoms with Crippen molar-refractivity contribution in [3.63, 3.8) is 0 Å². The lowest BCUT2D eigenvalue weighted by atomic mass is 10.1. The molecule has 92 valence electrons. The van der Waals surface area contributed by atoms with Crippen molar-refractivity contribution in [2.24, 2.45) is 5.73 Å². The highest BCUT2D eigenvalue weighted by Gasteiger charge is 2.14. The zero-order chi connectivity index (χ0) is 12.3. The van der Waals surface area contributed by atoms with Crippen LogP contribution in [-0.4, -0.2) is 11.9 Å². The molecule has 1 aromatic rings. The smallest absolute Gasteiger partial charge is 0.241 e. The molecule has 3 heteroatoms. The monoisotopic (exact) mass is 232 g/mol. The Morgan fingerprint density at radius 2 is 2.18 bits per heavy atom. The third-order valence-corrected chi connectivity index (χ3v) is 3.30. The Labute approximate surface area is 102 Å². The lowest BCUT2D eigenvalue weighted by Gasteiger charge is -2.12. The molecule has 3 nitrogen and oxygen atoms in total. The second-order valence-corrected chi connectivity index (χ2v) is 4.72. The SMILES string of the molecule is CCC[C@@H](N)C(=O)Nc1ccc2c(c1)CCC2. The summed E-state index contributed by atoms with van der Waals surface area (Å²) < 4.78 is 0. The first-order valence-electron chi connectivity index (χ1n) is 6.39. The summed E-state index contributed by atoms with van der Waals surface area (Å²) in [7, 11) is 0. The van der Waals surface area contributed by atoms with Crippen molar-refractivity contribution in [1.29, 1.82) is 0 Å². The highest BCUT2D eigenvalue weighted by molar-refractivity contribution is 5.94. The zero-order valence-corrected chi connectivity index (χ0v) is 10.3. The zero-order valence-electron chi connectivity index (χ0n) is 10.3. The van der Waals surface area contributed by atoms with Gasteiger partial charge in [0.15, 0.2) is 0 Å². The second kappa shape index (κ2) is 5.32. The molecule has 0 bridgehead atoms. The third kappa shape index (κ3) is 2.86. The Balaban J connectivity index is 2.01. The number of rotatable bonds is 4. The van der Waals surface area contributed by atoms with Gasteiger partial charge >= 0.3 is 0 Å². The summed E-state index contributed by atoms with van der Waals surface area (Å²) in [4.78, 5) is 11.8. The van der Waals surface area contributed by atoms with Gasteiger partial charge < -0.3 is 11.1 Å². The van der Waals surface area contributed by atoms with Gasteiger partial charge in [0.1, 0.15) is 0 Å². The van der Waals surface area contributed by atoms with E-state index in [1.165, 1.54) is 24.0 Å². The van der Waals surface area contributed by atoms with E-state index in [0.29, 0.717) is 0 Å². The van der Waals surface area contributed by atoms with E-state index in [1.807, 2.05) is 13.0 Å². The van der Waals surface area contributed by atoms with Crippen LogP contribution in [0.5, 0.6) is 0 Å². The van der Waals surface area contributed by atoms with Crippen LogP contribution in [0.25, 0.3) is 0 Å². The van der Waals surface area contributed by atoms with E-state index in [9.17, 15) is 4.79 Å². The molecule has 0 fully saturated rings. The Morgan fingerprint density at radius 3 is 2.94 bits per heavy atom. The minimum Gasteiger partial charge on any atom is -0.325 e. The molecule has 0 aliphatic heterocycles. The van der Waals surface area contributed by atoms with Crippen molar-refractivity contribution in [3.8, 4) is 0 Å². The number of hydrogen-bond donors (Lipinski definition) is 2. The first-order chi connectivity index (χ1) is 8.20. The average molecular weight is 232 g/mol. The molecule has 0 heterocycles. The van der Waals surface area contributed by atoms with Crippen molar-refractivity contribution in [2.75, 3.05) is 5.32 Å². The lowest BCUT2D eigenvalue weighted by Crippen LogP contribution is -2.35. The molecule has 1 atom stereocenters. The maximum absolute atomic E-state index is 11.8.